The number of nitrogens with two attached hydrogens (primary N) is 3. The molecule has 4 aliphatic heterocycles. The molecule has 0 spiro atoms. The highest BCUT2D eigenvalue weighted by molar-refractivity contribution is 6.02. The SMILES string of the molecule is CC(=O)N[C@H]1CCCCC(=O)C[C@@H](C(=O)N2CCC[C@H]2C(=O)N2CCC[C@H]2C(=O)N[C@@H](CCCNC(N)=O)C(=O)N[C@@H](CCC(=O)O)C(=O)N[C@@H](CCCCN(CC(=O)O)CC(=O)O)C(=O)N[C@@H](CCCCNC(=O)COCCOCCNC(=O)CCCCCCCCCCCCCCCc2nnn[nH]2)C(N)=O)NC(=O)[C@H](Cc2c[nH]c3ccccc23)NC(=O)[C@H](CCCNC(=N)N)NC(=O)CNC(=O)[C@H](CC2=CCC=N2)NC1=O. The van der Waals surface area contributed by atoms with Crippen LogP contribution in [0.15, 0.2) is 47.2 Å². The number of aromatic nitrogens is 5. The Morgan fingerprint density at radius 3 is 1.79 bits per heavy atom. The van der Waals surface area contributed by atoms with Crippen LogP contribution in [0.25, 0.3) is 10.9 Å². The molecule has 0 radical (unpaired) electrons. The van der Waals surface area contributed by atoms with Crippen LogP contribution in [0.4, 0.5) is 4.79 Å². The van der Waals surface area contributed by atoms with Crippen LogP contribution in [0, 0.1) is 5.41 Å². The van der Waals surface area contributed by atoms with Gasteiger partial charge in [0.05, 0.1) is 39.5 Å². The molecule has 0 saturated carbocycles. The number of guanidine groups is 1. The van der Waals surface area contributed by atoms with Gasteiger partial charge in [-0.1, -0.05) is 101 Å². The zero-order valence-electron chi connectivity index (χ0n) is 85.6. The van der Waals surface area contributed by atoms with E-state index < -0.39 is 224 Å². The number of nitrogens with zero attached hydrogens (tertiary/aromatic N) is 7. The van der Waals surface area contributed by atoms with Crippen LogP contribution in [0.1, 0.15) is 256 Å². The highest BCUT2D eigenvalue weighted by Crippen LogP contribution is 2.29. The zero-order valence-corrected chi connectivity index (χ0v) is 85.6. The standard InChI is InChI=1S/C98H153N27O25/c1-62(126)110-69-33-17-15-29-65(127)56-76(118-93(144)74(54-63-57-108-67-31-18-16-30-66(63)67)116-89(140)70(35-24-45-106-97(100)101)111-81(129)58-109-87(138)75(117-88(69)139)55-64-28-23-44-103-64)95(146)125-50-27-38-78(125)96(147)124-49-26-37-77(124)94(145)115-72(36-25-46-107-98(102)148)91(142)114-73(41-42-83(131)132)92(143)113-71(34-20-22-48-123(59-84(133)134)60-85(135)136)90(141)112-68(86(99)137)32-19-21-43-104-82(130)61-150-53-52-149-51-47-105-80(128)40-14-12-10-8-6-4-2-3-5-7-9-11-13-39-79-119-121-122-120-79/h16,18,28,30-31,44,57,68-78,108H,2-15,17,19-27,29,32-43,45-56,58-61H2,1H3,(H2,99,137)(H,104,130)(H,105,128)(H,109,138)(H,110,126)(H,111,129)(H,112,141)(H,113,143)(H,114,142)(H,115,145)(H,116,140)(H,117,139)(H,118,144)(H,131,132)(H,133,134)(H,135,136)(H4,100,101,106)(H3,102,107,148)(H,119,120,121,122)/t68-,69-,70-,71-,72-,73-,74-,75-,76-,77-,78-/m0/s1. The Balaban J connectivity index is 1.000. The van der Waals surface area contributed by atoms with Crippen LogP contribution in [0.2, 0.25) is 0 Å². The van der Waals surface area contributed by atoms with Crippen LogP contribution >= 0.6 is 0 Å². The van der Waals surface area contributed by atoms with Crippen molar-refractivity contribution in [3.63, 3.8) is 0 Å². The van der Waals surface area contributed by atoms with E-state index in [-0.39, 0.29) is 200 Å². The molecule has 17 amide bonds. The second-order valence-electron chi connectivity index (χ2n) is 37.9. The highest BCUT2D eigenvalue weighted by Gasteiger charge is 2.46. The molecule has 52 heteroatoms. The Labute approximate surface area is 869 Å². The van der Waals surface area contributed by atoms with Gasteiger partial charge in [-0.3, -0.25) is 106 Å². The number of aliphatic carboxylic acids is 3. The zero-order chi connectivity index (χ0) is 109. The van der Waals surface area contributed by atoms with E-state index in [0.29, 0.717) is 41.5 Å². The number of nitrogens with one attached hydrogen (secondary N) is 17. The number of tetrazole rings is 1. The molecule has 3 aromatic rings. The third-order valence-electron chi connectivity index (χ3n) is 25.9. The lowest BCUT2D eigenvalue weighted by Gasteiger charge is -2.33. The van der Waals surface area contributed by atoms with Crippen LogP contribution in [0.3, 0.4) is 0 Å². The first-order valence-corrected chi connectivity index (χ1v) is 52.1. The van der Waals surface area contributed by atoms with E-state index in [2.05, 4.69) is 105 Å². The van der Waals surface area contributed by atoms with Crippen molar-refractivity contribution in [1.29, 1.82) is 5.41 Å². The lowest BCUT2D eigenvalue weighted by Crippen LogP contribution is -2.60. The lowest BCUT2D eigenvalue weighted by molar-refractivity contribution is -0.148. The van der Waals surface area contributed by atoms with Crippen molar-refractivity contribution in [2.24, 2.45) is 22.2 Å². The molecule has 4 aliphatic rings. The molecule has 1 aromatic carbocycles. The molecule has 6 heterocycles. The summed E-state index contributed by atoms with van der Waals surface area (Å²) in [4.78, 5) is 287. The predicted octanol–water partition coefficient (Wildman–Crippen LogP) is -1.17. The number of aryl methyl sites for hydroxylation is 1. The van der Waals surface area contributed by atoms with E-state index in [1.54, 1.807) is 42.8 Å². The van der Waals surface area contributed by atoms with Gasteiger partial charge in [0.15, 0.2) is 5.96 Å². The molecule has 3 saturated heterocycles. The number of carbonyl (C=O) groups is 20. The third kappa shape index (κ3) is 47.5. The number of carboxylic acid groups (broad SMARTS) is 3. The predicted molar refractivity (Wildman–Crippen MR) is 543 cm³/mol. The Morgan fingerprint density at radius 1 is 0.553 bits per heavy atom. The Bertz CT molecular complexity index is 5000. The second-order valence-corrected chi connectivity index (χ2v) is 37.9. The van der Waals surface area contributed by atoms with Crippen molar-refractivity contribution in [3.05, 3.63) is 53.6 Å². The first kappa shape index (κ1) is 123. The van der Waals surface area contributed by atoms with Gasteiger partial charge in [0.2, 0.25) is 88.6 Å². The van der Waals surface area contributed by atoms with Crippen LogP contribution in [-0.4, -0.2) is 344 Å². The van der Waals surface area contributed by atoms with Gasteiger partial charge in [-0.25, -0.2) is 9.89 Å². The van der Waals surface area contributed by atoms with E-state index in [0.717, 1.165) is 54.1 Å². The number of carbonyl (C=O) groups excluding carboxylic acids is 17. The number of aliphatic imine (C=N–C) groups is 1. The van der Waals surface area contributed by atoms with E-state index in [4.69, 9.17) is 32.1 Å². The number of likely N-dealkylation sites (tertiary alicyclic amines) is 2. The number of hydrogen-bond acceptors (Lipinski definition) is 28. The van der Waals surface area contributed by atoms with Crippen molar-refractivity contribution in [1.82, 2.24) is 115 Å². The van der Waals surface area contributed by atoms with Crippen molar-refractivity contribution < 1.29 is 121 Å². The van der Waals surface area contributed by atoms with Gasteiger partial charge in [0.25, 0.3) is 0 Å². The summed E-state index contributed by atoms with van der Waals surface area (Å²) >= 11 is 0. The molecule has 0 aliphatic carbocycles. The number of amides is 17. The maximum absolute atomic E-state index is 15.6. The number of benzene rings is 1. The van der Waals surface area contributed by atoms with Crippen molar-refractivity contribution in [3.8, 4) is 0 Å². The number of primary amides is 2. The summed E-state index contributed by atoms with van der Waals surface area (Å²) in [6.07, 6.45) is 18.5. The molecule has 26 N–H and O–H groups in total. The minimum atomic E-state index is -1.85. The van der Waals surface area contributed by atoms with Gasteiger partial charge in [-0.05, 0) is 151 Å². The van der Waals surface area contributed by atoms with Gasteiger partial charge in [-0.15, -0.1) is 5.10 Å². The minimum Gasteiger partial charge on any atom is -0.481 e. The van der Waals surface area contributed by atoms with Crippen LogP contribution < -0.4 is 91.6 Å². The summed E-state index contributed by atoms with van der Waals surface area (Å²) in [5.74, 6) is -17.0. The average Bonchev–Trinajstić information content (AvgIpc) is 1.64. The fraction of sp³-hybridized carbons (Fsp3) is 0.663. The quantitative estimate of drug-likeness (QED) is 0.0180. The fourth-order valence-electron chi connectivity index (χ4n) is 18.1. The monoisotopic (exact) mass is 2110 g/mol. The third-order valence-corrected chi connectivity index (χ3v) is 25.9. The van der Waals surface area contributed by atoms with Gasteiger partial charge in [-0.2, -0.15) is 0 Å². The van der Waals surface area contributed by atoms with E-state index in [1.165, 1.54) is 63.2 Å². The summed E-state index contributed by atoms with van der Waals surface area (Å²) in [6.45, 7) is -0.959. The average molecular weight is 2110 g/mol. The van der Waals surface area contributed by atoms with Gasteiger partial charge in [0, 0.05) is 127 Å². The van der Waals surface area contributed by atoms with E-state index in [9.17, 15) is 92.0 Å². The van der Waals surface area contributed by atoms with Crippen molar-refractivity contribution in [2.45, 2.75) is 324 Å². The number of ketones is 1. The minimum absolute atomic E-state index is 0.0201. The van der Waals surface area contributed by atoms with Gasteiger partial charge < -0.3 is 131 Å². The smallest absolute Gasteiger partial charge is 0.317 e. The number of hydrogen-bond donors (Lipinski definition) is 23. The number of Topliss-reactive ketones (excluding diaryl/α,β-unsaturated/α-hetero) is 1. The number of H-pyrrole nitrogens is 2. The van der Waals surface area contributed by atoms with Gasteiger partial charge >= 0.3 is 23.9 Å². The summed E-state index contributed by atoms with van der Waals surface area (Å²) < 4.78 is 11.0. The lowest BCUT2D eigenvalue weighted by atomic mass is 9.99. The number of allylic oxidation sites excluding steroid dienone is 1. The summed E-state index contributed by atoms with van der Waals surface area (Å²) in [5.41, 5.74) is 18.3. The second kappa shape index (κ2) is 68.4. The molecule has 0 unspecified atom stereocenters. The number of aromatic amines is 2. The molecule has 0 bridgehead atoms. The molecular formula is C98H153N27O25. The molecule has 11 atom stereocenters. The number of rotatable bonds is 65. The van der Waals surface area contributed by atoms with Gasteiger partial charge in [0.1, 0.15) is 84.7 Å². The first-order valence-electron chi connectivity index (χ1n) is 52.1. The van der Waals surface area contributed by atoms with E-state index >= 15 is 19.2 Å². The molecule has 830 valence electrons. The number of ether oxygens (including phenoxy) is 2. The fourth-order valence-corrected chi connectivity index (χ4v) is 18.1. The molecule has 3 fully saturated rings. The topological polar surface area (TPSA) is 783 Å². The summed E-state index contributed by atoms with van der Waals surface area (Å²) in [6, 6.07) is -10.8. The maximum Gasteiger partial charge on any atom is 0.317 e. The summed E-state index contributed by atoms with van der Waals surface area (Å²) in [7, 11) is 0. The Morgan fingerprint density at radius 2 is 1.15 bits per heavy atom. The number of carboxylic acids is 3. The number of para-hydroxylation sites is 1. The molecule has 7 rings (SSSR count). The molecular weight excluding hydrogens is 1960 g/mol. The molecule has 2 aromatic heterocycles. The van der Waals surface area contributed by atoms with Crippen LogP contribution in [0.5, 0.6) is 0 Å². The number of unbranched alkanes of at least 4 members (excludes halogenated alkanes) is 14. The molecule has 150 heavy (non-hydrogen) atoms. The normalized spacial score (nSPS) is 18.8. The van der Waals surface area contributed by atoms with Crippen molar-refractivity contribution >= 4 is 141 Å². The first-order chi connectivity index (χ1) is 72.0. The Kier molecular flexibility index (Phi) is 56.0. The van der Waals surface area contributed by atoms with Crippen molar-refractivity contribution in [2.75, 3.05) is 91.9 Å². The van der Waals surface area contributed by atoms with Crippen LogP contribution in [-0.2, 0) is 113 Å². The highest BCUT2D eigenvalue weighted by atomic mass is 16.5. The molecule has 52 nitrogen and oxygen atoms in total. The maximum atomic E-state index is 15.6. The number of fused-ring (bicyclic) bond motifs is 1. The van der Waals surface area contributed by atoms with E-state index in [1.807, 2.05) is 0 Å². The summed E-state index contributed by atoms with van der Waals surface area (Å²) in [5, 5.41) is 87.8. The largest absolute Gasteiger partial charge is 0.481 e. The Hall–Kier alpha value is -14.2. The number of urea groups is 1.